The molecule has 6 nitrogen and oxygen atoms in total. The van der Waals surface area contributed by atoms with E-state index in [9.17, 15) is 9.18 Å². The van der Waals surface area contributed by atoms with Gasteiger partial charge in [0.25, 0.3) is 0 Å². The quantitative estimate of drug-likeness (QED) is 0.245. The lowest BCUT2D eigenvalue weighted by atomic mass is 10.0. The second-order valence-electron chi connectivity index (χ2n) is 8.43. The highest BCUT2D eigenvalue weighted by atomic mass is 35.5. The van der Waals surface area contributed by atoms with Gasteiger partial charge < -0.3 is 20.0 Å². The summed E-state index contributed by atoms with van der Waals surface area (Å²) in [5.74, 6) is 0.429. The van der Waals surface area contributed by atoms with Crippen LogP contribution in [-0.2, 0) is 4.79 Å². The zero-order valence-corrected chi connectivity index (χ0v) is 21.7. The van der Waals surface area contributed by atoms with E-state index >= 15 is 0 Å². The topological polar surface area (TPSA) is 70.4 Å². The molecule has 2 N–H and O–H groups in total. The van der Waals surface area contributed by atoms with Gasteiger partial charge in [-0.25, -0.2) is 4.39 Å². The smallest absolute Gasteiger partial charge is 0.226 e. The normalized spacial score (nSPS) is 17.1. The number of anilines is 1. The molecule has 188 valence electrons. The van der Waals surface area contributed by atoms with Crippen LogP contribution >= 0.6 is 35.4 Å². The van der Waals surface area contributed by atoms with E-state index in [0.717, 1.165) is 11.3 Å². The summed E-state index contributed by atoms with van der Waals surface area (Å²) in [6.07, 6.45) is 1.80. The molecule has 0 spiro atoms. The zero-order valence-electron chi connectivity index (χ0n) is 19.3. The molecule has 0 radical (unpaired) electrons. The lowest BCUT2D eigenvalue weighted by Crippen LogP contribution is -2.32. The summed E-state index contributed by atoms with van der Waals surface area (Å²) in [6, 6.07) is 20.0. The summed E-state index contributed by atoms with van der Waals surface area (Å²) in [4.78, 5) is 19.0. The van der Waals surface area contributed by atoms with Gasteiger partial charge in [-0.1, -0.05) is 41.4 Å². The first-order valence-corrected chi connectivity index (χ1v) is 12.6. The summed E-state index contributed by atoms with van der Waals surface area (Å²) in [5.41, 5.74) is 1.69. The van der Waals surface area contributed by atoms with Crippen molar-refractivity contribution >= 4 is 52.1 Å². The Labute approximate surface area is 228 Å². The van der Waals surface area contributed by atoms with Crippen LogP contribution in [0, 0.1) is 5.82 Å². The highest BCUT2D eigenvalue weighted by molar-refractivity contribution is 7.80. The number of carbonyl (C=O) groups is 1. The van der Waals surface area contributed by atoms with E-state index < -0.39 is 5.82 Å². The maximum absolute atomic E-state index is 14.0. The summed E-state index contributed by atoms with van der Waals surface area (Å²) in [6.45, 7) is 0.281. The summed E-state index contributed by atoms with van der Waals surface area (Å²) >= 11 is 17.9. The number of hydrogen-bond donors (Lipinski definition) is 2. The molecule has 0 unspecified atom stereocenters. The van der Waals surface area contributed by atoms with Gasteiger partial charge in [-0.05, 0) is 66.8 Å². The van der Waals surface area contributed by atoms with Crippen LogP contribution in [0.2, 0.25) is 10.0 Å². The molecule has 2 aromatic carbocycles. The Morgan fingerprint density at radius 2 is 1.89 bits per heavy atom. The van der Waals surface area contributed by atoms with E-state index in [1.807, 2.05) is 41.3 Å². The Hall–Kier alpha value is -3.46. The second-order valence-corrected chi connectivity index (χ2v) is 9.63. The number of thiocarbonyl (C=S) groups is 1. The molecule has 1 amide bonds. The average molecular weight is 555 g/mol. The van der Waals surface area contributed by atoms with Gasteiger partial charge in [-0.3, -0.25) is 9.78 Å². The number of pyridine rings is 1. The molecule has 1 saturated heterocycles. The molecule has 1 aliphatic heterocycles. The summed E-state index contributed by atoms with van der Waals surface area (Å²) in [5, 5.41) is 7.29. The second kappa shape index (κ2) is 10.9. The minimum Gasteiger partial charge on any atom is -0.459 e. The number of amides is 1. The molecule has 0 aliphatic carbocycles. The van der Waals surface area contributed by atoms with Crippen LogP contribution in [0.3, 0.4) is 0 Å². The van der Waals surface area contributed by atoms with Crippen LogP contribution in [-0.4, -0.2) is 27.4 Å². The summed E-state index contributed by atoms with van der Waals surface area (Å²) < 4.78 is 20.3. The van der Waals surface area contributed by atoms with Gasteiger partial charge in [0.2, 0.25) is 5.91 Å². The van der Waals surface area contributed by atoms with Gasteiger partial charge in [0.05, 0.1) is 27.5 Å². The van der Waals surface area contributed by atoms with Gasteiger partial charge in [0, 0.05) is 24.7 Å². The molecule has 1 aliphatic rings. The van der Waals surface area contributed by atoms with Crippen molar-refractivity contribution in [3.63, 3.8) is 0 Å². The van der Waals surface area contributed by atoms with Crippen molar-refractivity contribution in [2.45, 2.75) is 18.5 Å². The minimum absolute atomic E-state index is 0.0853. The van der Waals surface area contributed by atoms with Crippen molar-refractivity contribution in [3.8, 4) is 11.3 Å². The zero-order chi connectivity index (χ0) is 25.9. The molecular formula is C27H21Cl2FN4O2S. The lowest BCUT2D eigenvalue weighted by molar-refractivity contribution is -0.116. The van der Waals surface area contributed by atoms with Crippen LogP contribution in [0.1, 0.15) is 30.0 Å². The maximum Gasteiger partial charge on any atom is 0.226 e. The minimum atomic E-state index is -0.493. The van der Waals surface area contributed by atoms with Crippen molar-refractivity contribution in [1.82, 2.24) is 15.2 Å². The van der Waals surface area contributed by atoms with E-state index in [1.54, 1.807) is 30.5 Å². The maximum atomic E-state index is 14.0. The first-order valence-electron chi connectivity index (χ1n) is 11.5. The molecule has 37 heavy (non-hydrogen) atoms. The Bertz CT molecular complexity index is 1450. The Kier molecular flexibility index (Phi) is 7.41. The fourth-order valence-electron chi connectivity index (χ4n) is 4.27. The third-order valence-electron chi connectivity index (χ3n) is 6.05. The van der Waals surface area contributed by atoms with Crippen molar-refractivity contribution < 1.29 is 13.6 Å². The Balaban J connectivity index is 1.41. The number of halogens is 3. The number of carbonyl (C=O) groups excluding carboxylic acids is 1. The van der Waals surface area contributed by atoms with E-state index in [0.29, 0.717) is 26.7 Å². The van der Waals surface area contributed by atoms with Crippen molar-refractivity contribution in [1.29, 1.82) is 0 Å². The molecule has 10 heteroatoms. The number of furan rings is 1. The SMILES string of the molecule is O=C(CCN1C(=S)N[C@H](c2ccccn2)[C@@H]1c1ccc(-c2ccc(Cl)c(Cl)c2)o1)Nc1ccccc1F. The van der Waals surface area contributed by atoms with Crippen LogP contribution in [0.25, 0.3) is 11.3 Å². The molecular weight excluding hydrogens is 534 g/mol. The molecule has 4 aromatic rings. The number of nitrogens with zero attached hydrogens (tertiary/aromatic N) is 2. The van der Waals surface area contributed by atoms with Crippen molar-refractivity contribution in [2.24, 2.45) is 0 Å². The largest absolute Gasteiger partial charge is 0.459 e. The third kappa shape index (κ3) is 5.46. The third-order valence-corrected chi connectivity index (χ3v) is 7.14. The number of aromatic nitrogens is 1. The van der Waals surface area contributed by atoms with Gasteiger partial charge >= 0.3 is 0 Å². The highest BCUT2D eigenvalue weighted by Gasteiger charge is 2.41. The van der Waals surface area contributed by atoms with Crippen molar-refractivity contribution in [3.05, 3.63) is 106 Å². The molecule has 2 atom stereocenters. The number of para-hydroxylation sites is 1. The van der Waals surface area contributed by atoms with E-state index in [1.165, 1.54) is 12.1 Å². The fraction of sp³-hybridized carbons (Fsp3) is 0.148. The first kappa shape index (κ1) is 25.2. The molecule has 0 bridgehead atoms. The van der Waals surface area contributed by atoms with Crippen LogP contribution < -0.4 is 10.6 Å². The first-order chi connectivity index (χ1) is 17.9. The van der Waals surface area contributed by atoms with Crippen LogP contribution in [0.15, 0.2) is 83.4 Å². The monoisotopic (exact) mass is 554 g/mol. The van der Waals surface area contributed by atoms with Gasteiger partial charge in [-0.15, -0.1) is 0 Å². The van der Waals surface area contributed by atoms with E-state index in [2.05, 4.69) is 15.6 Å². The van der Waals surface area contributed by atoms with Gasteiger partial charge in [0.15, 0.2) is 5.11 Å². The molecule has 0 saturated carbocycles. The van der Waals surface area contributed by atoms with E-state index in [-0.39, 0.29) is 36.6 Å². The van der Waals surface area contributed by atoms with Gasteiger partial charge in [0.1, 0.15) is 23.4 Å². The van der Waals surface area contributed by atoms with Crippen LogP contribution in [0.5, 0.6) is 0 Å². The Morgan fingerprint density at radius 3 is 2.65 bits per heavy atom. The highest BCUT2D eigenvalue weighted by Crippen LogP contribution is 2.41. The molecule has 1 fully saturated rings. The number of hydrogen-bond acceptors (Lipinski definition) is 4. The fourth-order valence-corrected chi connectivity index (χ4v) is 4.90. The number of benzene rings is 2. The lowest BCUT2D eigenvalue weighted by Gasteiger charge is -2.25. The van der Waals surface area contributed by atoms with Crippen molar-refractivity contribution in [2.75, 3.05) is 11.9 Å². The summed E-state index contributed by atoms with van der Waals surface area (Å²) in [7, 11) is 0. The van der Waals surface area contributed by atoms with Crippen LogP contribution in [0.4, 0.5) is 10.1 Å². The number of nitrogens with one attached hydrogen (secondary N) is 2. The van der Waals surface area contributed by atoms with E-state index in [4.69, 9.17) is 39.8 Å². The standard InChI is InChI=1S/C27H21Cl2FN4O2S/c28-17-9-8-16(15-18(17)29)22-10-11-23(36-22)26-25(21-7-3-4-13-31-21)33-27(37)34(26)14-12-24(35)32-20-6-2-1-5-19(20)30/h1-11,13,15,25-26H,12,14H2,(H,32,35)(H,33,37)/t25-,26+/m1/s1. The predicted octanol–water partition coefficient (Wildman–Crippen LogP) is 6.79. The Morgan fingerprint density at radius 1 is 1.08 bits per heavy atom. The number of rotatable bonds is 7. The average Bonchev–Trinajstić information content (AvgIpc) is 3.51. The van der Waals surface area contributed by atoms with Gasteiger partial charge in [-0.2, -0.15) is 0 Å². The molecule has 2 aromatic heterocycles. The predicted molar refractivity (Wildman–Crippen MR) is 146 cm³/mol. The molecule has 3 heterocycles. The molecule has 5 rings (SSSR count).